The van der Waals surface area contributed by atoms with Gasteiger partial charge in [-0.05, 0) is 76.5 Å². The summed E-state index contributed by atoms with van der Waals surface area (Å²) in [6.07, 6.45) is 11.0. The Morgan fingerprint density at radius 3 is 2.86 bits per heavy atom. The van der Waals surface area contributed by atoms with Gasteiger partial charge in [-0.2, -0.15) is 0 Å². The summed E-state index contributed by atoms with van der Waals surface area (Å²) in [6.45, 7) is 13.1. The van der Waals surface area contributed by atoms with Gasteiger partial charge in [-0.25, -0.2) is 0 Å². The van der Waals surface area contributed by atoms with E-state index in [1.807, 2.05) is 6.08 Å². The predicted molar refractivity (Wildman–Crippen MR) is 91.1 cm³/mol. The molecule has 118 valence electrons. The molecule has 1 saturated carbocycles. The van der Waals surface area contributed by atoms with E-state index in [1.54, 1.807) is 0 Å². The average molecular weight is 288 g/mol. The lowest BCUT2D eigenvalue weighted by Gasteiger charge is -2.55. The lowest BCUT2D eigenvalue weighted by atomic mass is 9.49. The van der Waals surface area contributed by atoms with Crippen LogP contribution in [0.2, 0.25) is 0 Å². The van der Waals surface area contributed by atoms with Gasteiger partial charge in [-0.15, -0.1) is 0 Å². The SMILES string of the molecule is C=C1CC/C=C(\C)CC[C@@H]2[C@@H]1C[C@@]2(C)CC(O)C=C(C)C. The highest BCUT2D eigenvalue weighted by Gasteiger charge is 2.50. The Balaban J connectivity index is 2.08. The van der Waals surface area contributed by atoms with Crippen molar-refractivity contribution in [1.29, 1.82) is 0 Å². The summed E-state index contributed by atoms with van der Waals surface area (Å²) >= 11 is 0. The minimum Gasteiger partial charge on any atom is -0.389 e. The molecule has 1 fully saturated rings. The summed E-state index contributed by atoms with van der Waals surface area (Å²) < 4.78 is 0. The van der Waals surface area contributed by atoms with Crippen LogP contribution >= 0.6 is 0 Å². The van der Waals surface area contributed by atoms with Gasteiger partial charge in [-0.1, -0.05) is 42.4 Å². The highest BCUT2D eigenvalue weighted by Crippen LogP contribution is 2.59. The van der Waals surface area contributed by atoms with Gasteiger partial charge in [0.05, 0.1) is 6.10 Å². The second-order valence-electron chi connectivity index (χ2n) is 7.87. The van der Waals surface area contributed by atoms with Crippen LogP contribution < -0.4 is 0 Å². The smallest absolute Gasteiger partial charge is 0.0728 e. The fourth-order valence-electron chi connectivity index (χ4n) is 4.43. The van der Waals surface area contributed by atoms with Gasteiger partial charge in [0.2, 0.25) is 0 Å². The van der Waals surface area contributed by atoms with Gasteiger partial charge in [0.15, 0.2) is 0 Å². The Bertz CT molecular complexity index is 452. The van der Waals surface area contributed by atoms with Gasteiger partial charge in [0.25, 0.3) is 0 Å². The molecule has 4 atom stereocenters. The van der Waals surface area contributed by atoms with E-state index in [9.17, 15) is 5.11 Å². The van der Waals surface area contributed by atoms with E-state index in [-0.39, 0.29) is 11.5 Å². The summed E-state index contributed by atoms with van der Waals surface area (Å²) in [6, 6.07) is 0. The van der Waals surface area contributed by atoms with Crippen LogP contribution in [-0.2, 0) is 0 Å². The van der Waals surface area contributed by atoms with Crippen molar-refractivity contribution in [2.75, 3.05) is 0 Å². The van der Waals surface area contributed by atoms with Crippen LogP contribution in [0.4, 0.5) is 0 Å². The maximum Gasteiger partial charge on any atom is 0.0728 e. The van der Waals surface area contributed by atoms with Gasteiger partial charge in [-0.3, -0.25) is 0 Å². The topological polar surface area (TPSA) is 20.2 Å². The molecular formula is C20H32O. The second kappa shape index (κ2) is 6.52. The molecule has 2 aliphatic rings. The summed E-state index contributed by atoms with van der Waals surface area (Å²) in [5.74, 6) is 1.39. The first-order valence-electron chi connectivity index (χ1n) is 8.48. The summed E-state index contributed by atoms with van der Waals surface area (Å²) in [5, 5.41) is 10.3. The summed E-state index contributed by atoms with van der Waals surface area (Å²) in [5.41, 5.74) is 4.46. The van der Waals surface area contributed by atoms with E-state index >= 15 is 0 Å². The van der Waals surface area contributed by atoms with E-state index in [2.05, 4.69) is 40.3 Å². The Morgan fingerprint density at radius 2 is 2.19 bits per heavy atom. The van der Waals surface area contributed by atoms with Crippen LogP contribution in [0, 0.1) is 17.3 Å². The minimum atomic E-state index is -0.293. The summed E-state index contributed by atoms with van der Waals surface area (Å²) in [4.78, 5) is 0. The molecular weight excluding hydrogens is 256 g/mol. The molecule has 0 aromatic rings. The quantitative estimate of drug-likeness (QED) is 0.687. The molecule has 0 aromatic carbocycles. The third-order valence-electron chi connectivity index (χ3n) is 5.60. The second-order valence-corrected chi connectivity index (χ2v) is 7.87. The van der Waals surface area contributed by atoms with Crippen LogP contribution in [0.15, 0.2) is 35.5 Å². The van der Waals surface area contributed by atoms with Crippen LogP contribution in [0.5, 0.6) is 0 Å². The van der Waals surface area contributed by atoms with Crippen molar-refractivity contribution in [3.8, 4) is 0 Å². The average Bonchev–Trinajstić information content (AvgIpc) is 2.39. The molecule has 0 saturated heterocycles. The van der Waals surface area contributed by atoms with Crippen LogP contribution in [0.25, 0.3) is 0 Å². The maximum absolute atomic E-state index is 10.3. The molecule has 2 rings (SSSR count). The minimum absolute atomic E-state index is 0.281. The normalized spacial score (nSPS) is 37.0. The lowest BCUT2D eigenvalue weighted by molar-refractivity contribution is -0.0437. The Morgan fingerprint density at radius 1 is 1.48 bits per heavy atom. The number of fused-ring (bicyclic) bond motifs is 1. The third-order valence-corrected chi connectivity index (χ3v) is 5.60. The maximum atomic E-state index is 10.3. The highest BCUT2D eigenvalue weighted by molar-refractivity contribution is 5.18. The first-order chi connectivity index (χ1) is 9.82. The fraction of sp³-hybridized carbons (Fsp3) is 0.700. The van der Waals surface area contributed by atoms with E-state index in [0.717, 1.165) is 19.3 Å². The number of rotatable bonds is 3. The van der Waals surface area contributed by atoms with Gasteiger partial charge < -0.3 is 5.11 Å². The molecule has 21 heavy (non-hydrogen) atoms. The molecule has 0 aromatic heterocycles. The van der Waals surface area contributed by atoms with Crippen molar-refractivity contribution >= 4 is 0 Å². The number of allylic oxidation sites excluding steroid dienone is 4. The van der Waals surface area contributed by atoms with Crippen molar-refractivity contribution < 1.29 is 5.11 Å². The zero-order valence-corrected chi connectivity index (χ0v) is 14.3. The lowest BCUT2D eigenvalue weighted by Crippen LogP contribution is -2.48. The highest BCUT2D eigenvalue weighted by atomic mass is 16.3. The largest absolute Gasteiger partial charge is 0.389 e. The van der Waals surface area contributed by atoms with E-state index in [0.29, 0.717) is 11.8 Å². The zero-order chi connectivity index (χ0) is 15.6. The van der Waals surface area contributed by atoms with Gasteiger partial charge >= 0.3 is 0 Å². The Kier molecular flexibility index (Phi) is 5.14. The van der Waals surface area contributed by atoms with Crippen molar-refractivity contribution in [1.82, 2.24) is 0 Å². The first-order valence-corrected chi connectivity index (χ1v) is 8.48. The molecule has 0 bridgehead atoms. The number of hydrogen-bond donors (Lipinski definition) is 1. The third kappa shape index (κ3) is 3.88. The Labute approximate surface area is 130 Å². The Hall–Kier alpha value is -0.820. The van der Waals surface area contributed by atoms with E-state index < -0.39 is 0 Å². The van der Waals surface area contributed by atoms with Crippen molar-refractivity contribution in [2.24, 2.45) is 17.3 Å². The van der Waals surface area contributed by atoms with Crippen LogP contribution in [0.3, 0.4) is 0 Å². The van der Waals surface area contributed by atoms with Gasteiger partial charge in [0.1, 0.15) is 0 Å². The standard InChI is InChI=1S/C20H32O/c1-14(2)11-17(21)12-20(5)13-18-16(4)8-6-7-15(3)9-10-19(18)20/h7,11,17-19,21H,4,6,8-10,12-13H2,1-3,5H3/b15-7+/t17?,18-,19-,20-/m1/s1. The van der Waals surface area contributed by atoms with Gasteiger partial charge in [0, 0.05) is 0 Å². The zero-order valence-electron chi connectivity index (χ0n) is 14.3. The summed E-state index contributed by atoms with van der Waals surface area (Å²) in [7, 11) is 0. The molecule has 0 amide bonds. The van der Waals surface area contributed by atoms with E-state index in [4.69, 9.17) is 0 Å². The van der Waals surface area contributed by atoms with Crippen molar-refractivity contribution in [2.45, 2.75) is 72.3 Å². The fourth-order valence-corrected chi connectivity index (χ4v) is 4.43. The van der Waals surface area contributed by atoms with E-state index in [1.165, 1.54) is 36.0 Å². The molecule has 0 radical (unpaired) electrons. The molecule has 1 heteroatoms. The van der Waals surface area contributed by atoms with Crippen LogP contribution in [-0.4, -0.2) is 11.2 Å². The molecule has 2 aliphatic carbocycles. The first kappa shape index (κ1) is 16.5. The molecule has 0 heterocycles. The van der Waals surface area contributed by atoms with Crippen molar-refractivity contribution in [3.05, 3.63) is 35.5 Å². The van der Waals surface area contributed by atoms with Crippen LogP contribution in [0.1, 0.15) is 66.2 Å². The monoisotopic (exact) mass is 288 g/mol. The number of aliphatic hydroxyl groups is 1. The number of aliphatic hydroxyl groups excluding tert-OH is 1. The predicted octanol–water partition coefficient (Wildman–Crippen LogP) is 5.42. The molecule has 0 spiro atoms. The van der Waals surface area contributed by atoms with Crippen molar-refractivity contribution in [3.63, 3.8) is 0 Å². The number of hydrogen-bond acceptors (Lipinski definition) is 1. The molecule has 1 N–H and O–H groups in total. The molecule has 1 nitrogen and oxygen atoms in total. The molecule has 1 unspecified atom stereocenters. The molecule has 0 aliphatic heterocycles.